The summed E-state index contributed by atoms with van der Waals surface area (Å²) in [4.78, 5) is 1.62. The molecule has 2 N–H and O–H groups in total. The molecule has 108 valence electrons. The van der Waals surface area contributed by atoms with E-state index in [1.807, 2.05) is 30.3 Å². The van der Waals surface area contributed by atoms with Crippen LogP contribution in [0.5, 0.6) is 0 Å². The average molecular weight is 274 g/mol. The molecule has 5 heteroatoms. The zero-order valence-electron chi connectivity index (χ0n) is 12.1. The maximum atomic E-state index is 9.53. The zero-order chi connectivity index (χ0) is 14.4. The van der Waals surface area contributed by atoms with E-state index in [-0.39, 0.29) is 12.1 Å². The standard InChI is InChI=1S/C15H22N4O/c1-3-15(4-2,12-20)16-10-13-11-17-19(18-13)14-8-6-5-7-9-14/h5-9,11,16,20H,3-4,10,12H2,1-2H3. The van der Waals surface area contributed by atoms with Crippen LogP contribution < -0.4 is 5.32 Å². The third-order valence-corrected chi connectivity index (χ3v) is 3.83. The van der Waals surface area contributed by atoms with Gasteiger partial charge in [-0.25, -0.2) is 0 Å². The van der Waals surface area contributed by atoms with Crippen LogP contribution in [-0.2, 0) is 6.54 Å². The van der Waals surface area contributed by atoms with Crippen molar-refractivity contribution in [2.75, 3.05) is 6.61 Å². The molecular formula is C15H22N4O. The second-order valence-corrected chi connectivity index (χ2v) is 4.96. The number of nitrogens with one attached hydrogen (secondary N) is 1. The van der Waals surface area contributed by atoms with E-state index in [1.165, 1.54) is 0 Å². The van der Waals surface area contributed by atoms with E-state index in [0.29, 0.717) is 6.54 Å². The largest absolute Gasteiger partial charge is 0.394 e. The van der Waals surface area contributed by atoms with Gasteiger partial charge in [0.15, 0.2) is 0 Å². The number of hydrogen-bond donors (Lipinski definition) is 2. The van der Waals surface area contributed by atoms with E-state index in [4.69, 9.17) is 0 Å². The van der Waals surface area contributed by atoms with Gasteiger partial charge in [-0.2, -0.15) is 15.0 Å². The van der Waals surface area contributed by atoms with Crippen molar-refractivity contribution in [3.8, 4) is 5.69 Å². The first-order chi connectivity index (χ1) is 9.73. The SMILES string of the molecule is CCC(CC)(CO)NCc1cnn(-c2ccccc2)n1. The quantitative estimate of drug-likeness (QED) is 0.809. The van der Waals surface area contributed by atoms with Crippen molar-refractivity contribution in [2.24, 2.45) is 0 Å². The third-order valence-electron chi connectivity index (χ3n) is 3.83. The lowest BCUT2D eigenvalue weighted by Crippen LogP contribution is -2.47. The number of nitrogens with zero attached hydrogens (tertiary/aromatic N) is 3. The van der Waals surface area contributed by atoms with Gasteiger partial charge in [0.25, 0.3) is 0 Å². The van der Waals surface area contributed by atoms with Gasteiger partial charge >= 0.3 is 0 Å². The summed E-state index contributed by atoms with van der Waals surface area (Å²) in [5.41, 5.74) is 1.59. The Bertz CT molecular complexity index is 511. The number of rotatable bonds is 7. The molecule has 0 fully saturated rings. The molecule has 0 radical (unpaired) electrons. The molecule has 0 amide bonds. The molecule has 0 aliphatic heterocycles. The van der Waals surface area contributed by atoms with E-state index in [2.05, 4.69) is 29.4 Å². The van der Waals surface area contributed by atoms with Gasteiger partial charge in [0.1, 0.15) is 0 Å². The first kappa shape index (κ1) is 14.7. The highest BCUT2D eigenvalue weighted by molar-refractivity contribution is 5.28. The number of aliphatic hydroxyl groups excluding tert-OH is 1. The first-order valence-electron chi connectivity index (χ1n) is 7.05. The molecule has 0 atom stereocenters. The van der Waals surface area contributed by atoms with Crippen LogP contribution in [0, 0.1) is 0 Å². The van der Waals surface area contributed by atoms with Gasteiger partial charge in [0.2, 0.25) is 0 Å². The lowest BCUT2D eigenvalue weighted by molar-refractivity contribution is 0.149. The third kappa shape index (κ3) is 3.23. The summed E-state index contributed by atoms with van der Waals surface area (Å²) in [6, 6.07) is 9.82. The van der Waals surface area contributed by atoms with Crippen LogP contribution in [0.15, 0.2) is 36.5 Å². The van der Waals surface area contributed by atoms with Crippen molar-refractivity contribution in [3.63, 3.8) is 0 Å². The molecule has 0 saturated heterocycles. The fraction of sp³-hybridized carbons (Fsp3) is 0.467. The van der Waals surface area contributed by atoms with Crippen LogP contribution in [0.4, 0.5) is 0 Å². The van der Waals surface area contributed by atoms with Crippen LogP contribution in [0.25, 0.3) is 5.69 Å². The van der Waals surface area contributed by atoms with Gasteiger partial charge in [-0.15, -0.1) is 0 Å². The second kappa shape index (κ2) is 6.63. The number of hydrogen-bond acceptors (Lipinski definition) is 4. The molecular weight excluding hydrogens is 252 g/mol. The summed E-state index contributed by atoms with van der Waals surface area (Å²) >= 11 is 0. The van der Waals surface area contributed by atoms with Crippen molar-refractivity contribution in [1.82, 2.24) is 20.3 Å². The number of aromatic nitrogens is 3. The summed E-state index contributed by atoms with van der Waals surface area (Å²) in [6.45, 7) is 4.89. The fourth-order valence-corrected chi connectivity index (χ4v) is 2.12. The van der Waals surface area contributed by atoms with Gasteiger partial charge in [0.05, 0.1) is 24.2 Å². The highest BCUT2D eigenvalue weighted by atomic mass is 16.3. The molecule has 2 aromatic rings. The van der Waals surface area contributed by atoms with Crippen molar-refractivity contribution >= 4 is 0 Å². The van der Waals surface area contributed by atoms with E-state index >= 15 is 0 Å². The summed E-state index contributed by atoms with van der Waals surface area (Å²) in [5, 5.41) is 21.6. The predicted octanol–water partition coefficient (Wildman–Crippen LogP) is 1.91. The minimum atomic E-state index is -0.226. The molecule has 1 aromatic carbocycles. The summed E-state index contributed by atoms with van der Waals surface area (Å²) in [7, 11) is 0. The van der Waals surface area contributed by atoms with Crippen molar-refractivity contribution < 1.29 is 5.11 Å². The van der Waals surface area contributed by atoms with Gasteiger partial charge in [0, 0.05) is 12.1 Å². The zero-order valence-corrected chi connectivity index (χ0v) is 12.1. The molecule has 0 bridgehead atoms. The Balaban J connectivity index is 2.03. The average Bonchev–Trinajstić information content (AvgIpc) is 2.99. The molecule has 0 spiro atoms. The lowest BCUT2D eigenvalue weighted by Gasteiger charge is -2.30. The topological polar surface area (TPSA) is 63.0 Å². The van der Waals surface area contributed by atoms with Crippen molar-refractivity contribution in [1.29, 1.82) is 0 Å². The number of benzene rings is 1. The molecule has 2 rings (SSSR count). The summed E-state index contributed by atoms with van der Waals surface area (Å²) < 4.78 is 0. The Morgan fingerprint density at radius 2 is 1.90 bits per heavy atom. The number of aliphatic hydroxyl groups is 1. The maximum absolute atomic E-state index is 9.53. The molecule has 0 aliphatic carbocycles. The van der Waals surface area contributed by atoms with Gasteiger partial charge in [-0.1, -0.05) is 32.0 Å². The Kier molecular flexibility index (Phi) is 4.87. The minimum Gasteiger partial charge on any atom is -0.394 e. The van der Waals surface area contributed by atoms with Crippen LogP contribution in [0.2, 0.25) is 0 Å². The van der Waals surface area contributed by atoms with E-state index < -0.39 is 0 Å². The molecule has 0 aliphatic rings. The Morgan fingerprint density at radius 3 is 2.50 bits per heavy atom. The minimum absolute atomic E-state index is 0.132. The molecule has 1 aromatic heterocycles. The number of para-hydroxylation sites is 1. The second-order valence-electron chi connectivity index (χ2n) is 4.96. The molecule has 1 heterocycles. The fourth-order valence-electron chi connectivity index (χ4n) is 2.12. The summed E-state index contributed by atoms with van der Waals surface area (Å²) in [6.07, 6.45) is 3.52. The normalized spacial score (nSPS) is 11.8. The molecule has 0 saturated carbocycles. The Labute approximate surface area is 119 Å². The van der Waals surface area contributed by atoms with Crippen LogP contribution in [0.3, 0.4) is 0 Å². The molecule has 5 nitrogen and oxygen atoms in total. The van der Waals surface area contributed by atoms with Crippen LogP contribution >= 0.6 is 0 Å². The van der Waals surface area contributed by atoms with Crippen molar-refractivity contribution in [3.05, 3.63) is 42.2 Å². The maximum Gasteiger partial charge on any atom is 0.0969 e. The van der Waals surface area contributed by atoms with Crippen LogP contribution in [0.1, 0.15) is 32.4 Å². The summed E-state index contributed by atoms with van der Waals surface area (Å²) in [5.74, 6) is 0. The monoisotopic (exact) mass is 274 g/mol. The van der Waals surface area contributed by atoms with Gasteiger partial charge < -0.3 is 10.4 Å². The predicted molar refractivity (Wildman–Crippen MR) is 78.6 cm³/mol. The van der Waals surface area contributed by atoms with E-state index in [1.54, 1.807) is 11.0 Å². The van der Waals surface area contributed by atoms with Crippen LogP contribution in [-0.4, -0.2) is 32.2 Å². The van der Waals surface area contributed by atoms with Gasteiger partial charge in [-0.05, 0) is 25.0 Å². The molecule has 20 heavy (non-hydrogen) atoms. The lowest BCUT2D eigenvalue weighted by atomic mass is 9.94. The van der Waals surface area contributed by atoms with E-state index in [9.17, 15) is 5.11 Å². The Hall–Kier alpha value is -1.72. The van der Waals surface area contributed by atoms with Crippen molar-refractivity contribution in [2.45, 2.75) is 38.8 Å². The highest BCUT2D eigenvalue weighted by Crippen LogP contribution is 2.15. The smallest absolute Gasteiger partial charge is 0.0969 e. The highest BCUT2D eigenvalue weighted by Gasteiger charge is 2.24. The first-order valence-corrected chi connectivity index (χ1v) is 7.05. The van der Waals surface area contributed by atoms with Gasteiger partial charge in [-0.3, -0.25) is 0 Å². The Morgan fingerprint density at radius 1 is 1.20 bits per heavy atom. The molecule has 0 unspecified atom stereocenters. The van der Waals surface area contributed by atoms with E-state index in [0.717, 1.165) is 24.2 Å².